The van der Waals surface area contributed by atoms with Crippen molar-refractivity contribution in [1.29, 1.82) is 0 Å². The lowest BCUT2D eigenvalue weighted by atomic mass is 10.2. The van der Waals surface area contributed by atoms with Crippen molar-refractivity contribution in [2.75, 3.05) is 18.4 Å². The molecule has 0 saturated carbocycles. The SMILES string of the molecule is O=C(NCCNC(=O)c1sccc1Nc1ccnc2[nH]ccc12)c1ccccc1. The second-order valence-electron chi connectivity index (χ2n) is 6.26. The summed E-state index contributed by atoms with van der Waals surface area (Å²) in [4.78, 5) is 32.5. The summed E-state index contributed by atoms with van der Waals surface area (Å²) in [5.41, 5.74) is 2.98. The summed E-state index contributed by atoms with van der Waals surface area (Å²) in [6.07, 6.45) is 3.54. The van der Waals surface area contributed by atoms with Crippen LogP contribution >= 0.6 is 11.3 Å². The predicted molar refractivity (Wildman–Crippen MR) is 115 cm³/mol. The third-order valence-electron chi connectivity index (χ3n) is 4.33. The summed E-state index contributed by atoms with van der Waals surface area (Å²) < 4.78 is 0. The lowest BCUT2D eigenvalue weighted by molar-refractivity contribution is 0.0930. The van der Waals surface area contributed by atoms with E-state index in [9.17, 15) is 9.59 Å². The standard InChI is InChI=1S/C21H19N5O2S/c27-20(14-4-2-1-3-5-14)24-11-12-25-21(28)18-17(8-13-29-18)26-16-7-10-23-19-15(16)6-9-22-19/h1-10,13H,11-12H2,(H,24,27)(H,25,28)(H2,22,23,26). The molecular formula is C21H19N5O2S. The highest BCUT2D eigenvalue weighted by Crippen LogP contribution is 2.29. The molecule has 0 atom stereocenters. The number of nitrogens with zero attached hydrogens (tertiary/aromatic N) is 1. The Hall–Kier alpha value is -3.65. The van der Waals surface area contributed by atoms with Crippen LogP contribution in [0.1, 0.15) is 20.0 Å². The summed E-state index contributed by atoms with van der Waals surface area (Å²) in [6.45, 7) is 0.688. The lowest BCUT2D eigenvalue weighted by Crippen LogP contribution is -2.34. The molecule has 3 aromatic heterocycles. The maximum atomic E-state index is 12.6. The minimum atomic E-state index is -0.184. The Balaban J connectivity index is 1.34. The van der Waals surface area contributed by atoms with Crippen LogP contribution in [0, 0.1) is 0 Å². The monoisotopic (exact) mass is 405 g/mol. The van der Waals surface area contributed by atoms with Crippen LogP contribution in [0.4, 0.5) is 11.4 Å². The van der Waals surface area contributed by atoms with Crippen LogP contribution in [-0.4, -0.2) is 34.9 Å². The van der Waals surface area contributed by atoms with E-state index in [2.05, 4.69) is 25.9 Å². The zero-order valence-electron chi connectivity index (χ0n) is 15.4. The molecule has 7 nitrogen and oxygen atoms in total. The van der Waals surface area contributed by atoms with Crippen molar-refractivity contribution in [3.8, 4) is 0 Å². The Morgan fingerprint density at radius 2 is 1.72 bits per heavy atom. The topological polar surface area (TPSA) is 98.9 Å². The molecule has 1 aromatic carbocycles. The van der Waals surface area contributed by atoms with Gasteiger partial charge in [0.15, 0.2) is 0 Å². The first-order valence-corrected chi connectivity index (χ1v) is 9.98. The van der Waals surface area contributed by atoms with Crippen LogP contribution in [-0.2, 0) is 0 Å². The maximum Gasteiger partial charge on any atom is 0.263 e. The lowest BCUT2D eigenvalue weighted by Gasteiger charge is -2.10. The van der Waals surface area contributed by atoms with Crippen molar-refractivity contribution in [2.24, 2.45) is 0 Å². The van der Waals surface area contributed by atoms with Gasteiger partial charge in [0.2, 0.25) is 0 Å². The van der Waals surface area contributed by atoms with E-state index < -0.39 is 0 Å². The van der Waals surface area contributed by atoms with Gasteiger partial charge in [-0.2, -0.15) is 0 Å². The number of H-pyrrole nitrogens is 1. The van der Waals surface area contributed by atoms with Crippen LogP contribution in [0.15, 0.2) is 66.3 Å². The molecule has 146 valence electrons. The number of nitrogens with one attached hydrogen (secondary N) is 4. The first kappa shape index (κ1) is 18.7. The van der Waals surface area contributed by atoms with Gasteiger partial charge in [-0.05, 0) is 35.7 Å². The summed E-state index contributed by atoms with van der Waals surface area (Å²) in [5, 5.41) is 11.8. The molecule has 0 aliphatic heterocycles. The molecule has 0 fully saturated rings. The van der Waals surface area contributed by atoms with E-state index >= 15 is 0 Å². The Bertz CT molecular complexity index is 1140. The Kier molecular flexibility index (Phi) is 5.53. The summed E-state index contributed by atoms with van der Waals surface area (Å²) in [7, 11) is 0. The third-order valence-corrected chi connectivity index (χ3v) is 5.25. The van der Waals surface area contributed by atoms with Gasteiger partial charge in [0.1, 0.15) is 10.5 Å². The van der Waals surface area contributed by atoms with Crippen molar-refractivity contribution in [2.45, 2.75) is 0 Å². The summed E-state index contributed by atoms with van der Waals surface area (Å²) in [6, 6.07) is 14.7. The highest BCUT2D eigenvalue weighted by atomic mass is 32.1. The Morgan fingerprint density at radius 1 is 0.931 bits per heavy atom. The molecule has 0 saturated heterocycles. The van der Waals surface area contributed by atoms with E-state index in [1.807, 2.05) is 48.0 Å². The minimum Gasteiger partial charge on any atom is -0.354 e. The van der Waals surface area contributed by atoms with Crippen LogP contribution in [0.25, 0.3) is 11.0 Å². The highest BCUT2D eigenvalue weighted by Gasteiger charge is 2.14. The molecule has 3 heterocycles. The van der Waals surface area contributed by atoms with E-state index in [-0.39, 0.29) is 11.8 Å². The van der Waals surface area contributed by atoms with E-state index in [4.69, 9.17) is 0 Å². The smallest absolute Gasteiger partial charge is 0.263 e. The average molecular weight is 405 g/mol. The molecule has 4 N–H and O–H groups in total. The van der Waals surface area contributed by atoms with E-state index in [1.165, 1.54) is 11.3 Å². The van der Waals surface area contributed by atoms with Crippen LogP contribution in [0.3, 0.4) is 0 Å². The van der Waals surface area contributed by atoms with Gasteiger partial charge in [-0.1, -0.05) is 18.2 Å². The molecule has 0 spiro atoms. The quantitative estimate of drug-likeness (QED) is 0.354. The fourth-order valence-corrected chi connectivity index (χ4v) is 3.69. The van der Waals surface area contributed by atoms with E-state index in [1.54, 1.807) is 18.3 Å². The maximum absolute atomic E-state index is 12.6. The average Bonchev–Trinajstić information content (AvgIpc) is 3.41. The van der Waals surface area contributed by atoms with Crippen LogP contribution < -0.4 is 16.0 Å². The molecule has 4 rings (SSSR count). The number of hydrogen-bond acceptors (Lipinski definition) is 5. The zero-order valence-corrected chi connectivity index (χ0v) is 16.3. The second-order valence-corrected chi connectivity index (χ2v) is 7.18. The number of aromatic nitrogens is 2. The Morgan fingerprint density at radius 3 is 2.55 bits per heavy atom. The minimum absolute atomic E-state index is 0.161. The number of aromatic amines is 1. The van der Waals surface area contributed by atoms with Crippen molar-refractivity contribution in [3.05, 3.63) is 76.7 Å². The fraction of sp³-hybridized carbons (Fsp3) is 0.0952. The zero-order chi connectivity index (χ0) is 20.1. The first-order valence-electron chi connectivity index (χ1n) is 9.10. The number of benzene rings is 1. The molecule has 0 aliphatic carbocycles. The van der Waals surface area contributed by atoms with Crippen LogP contribution in [0.2, 0.25) is 0 Å². The number of hydrogen-bond donors (Lipinski definition) is 4. The number of rotatable bonds is 7. The summed E-state index contributed by atoms with van der Waals surface area (Å²) in [5.74, 6) is -0.345. The largest absolute Gasteiger partial charge is 0.354 e. The second kappa shape index (κ2) is 8.57. The van der Waals surface area contributed by atoms with Gasteiger partial charge in [-0.3, -0.25) is 9.59 Å². The number of carbonyl (C=O) groups excluding carboxylic acids is 2. The molecule has 8 heteroatoms. The van der Waals surface area contributed by atoms with Crippen molar-refractivity contribution < 1.29 is 9.59 Å². The van der Waals surface area contributed by atoms with Crippen LogP contribution in [0.5, 0.6) is 0 Å². The van der Waals surface area contributed by atoms with Gasteiger partial charge in [0.05, 0.1) is 11.4 Å². The van der Waals surface area contributed by atoms with Crippen molar-refractivity contribution in [3.63, 3.8) is 0 Å². The van der Waals surface area contributed by atoms with Gasteiger partial charge in [0.25, 0.3) is 11.8 Å². The Labute approximate surface area is 171 Å². The molecule has 0 radical (unpaired) electrons. The molecule has 0 unspecified atom stereocenters. The molecule has 29 heavy (non-hydrogen) atoms. The molecule has 0 bridgehead atoms. The van der Waals surface area contributed by atoms with E-state index in [0.717, 1.165) is 22.4 Å². The highest BCUT2D eigenvalue weighted by molar-refractivity contribution is 7.12. The molecule has 0 aliphatic rings. The predicted octanol–water partition coefficient (Wildman–Crippen LogP) is 3.53. The van der Waals surface area contributed by atoms with Gasteiger partial charge in [-0.25, -0.2) is 4.98 Å². The van der Waals surface area contributed by atoms with Gasteiger partial charge in [-0.15, -0.1) is 11.3 Å². The number of fused-ring (bicyclic) bond motifs is 1. The number of carbonyl (C=O) groups is 2. The number of thiophene rings is 1. The molecule has 4 aromatic rings. The van der Waals surface area contributed by atoms with Gasteiger partial charge in [0, 0.05) is 36.4 Å². The first-order chi connectivity index (χ1) is 14.2. The fourth-order valence-electron chi connectivity index (χ4n) is 2.92. The van der Waals surface area contributed by atoms with E-state index in [0.29, 0.717) is 23.5 Å². The number of anilines is 2. The molecular weight excluding hydrogens is 386 g/mol. The normalized spacial score (nSPS) is 10.6. The van der Waals surface area contributed by atoms with Gasteiger partial charge < -0.3 is 20.9 Å². The van der Waals surface area contributed by atoms with Crippen molar-refractivity contribution >= 4 is 45.6 Å². The summed E-state index contributed by atoms with van der Waals surface area (Å²) >= 11 is 1.36. The van der Waals surface area contributed by atoms with Gasteiger partial charge >= 0.3 is 0 Å². The molecule has 2 amide bonds. The third kappa shape index (κ3) is 4.27. The number of pyridine rings is 1. The number of amides is 2. The van der Waals surface area contributed by atoms with Crippen molar-refractivity contribution in [1.82, 2.24) is 20.6 Å².